The second-order valence-electron chi connectivity index (χ2n) is 10.2. The predicted molar refractivity (Wildman–Crippen MR) is 148 cm³/mol. The molecule has 3 unspecified atom stereocenters. The molecule has 0 radical (unpaired) electrons. The lowest BCUT2D eigenvalue weighted by molar-refractivity contribution is -0.141. The van der Waals surface area contributed by atoms with Gasteiger partial charge in [-0.1, -0.05) is 43.2 Å². The van der Waals surface area contributed by atoms with Gasteiger partial charge >= 0.3 is 0 Å². The molecule has 0 bridgehead atoms. The van der Waals surface area contributed by atoms with Crippen LogP contribution in [0, 0.1) is 11.3 Å². The topological polar surface area (TPSA) is 137 Å². The Morgan fingerprint density at radius 3 is 2.39 bits per heavy atom. The van der Waals surface area contributed by atoms with Crippen molar-refractivity contribution in [3.05, 3.63) is 65.7 Å². The Morgan fingerprint density at radius 2 is 1.76 bits per heavy atom. The summed E-state index contributed by atoms with van der Waals surface area (Å²) in [5.74, 6) is -0.547. The lowest BCUT2D eigenvalue weighted by Crippen LogP contribution is -2.57. The molecule has 1 saturated heterocycles. The van der Waals surface area contributed by atoms with E-state index in [1.807, 2.05) is 30.3 Å². The highest BCUT2D eigenvalue weighted by Gasteiger charge is 2.49. The number of rotatable bonds is 9. The molecule has 1 saturated carbocycles. The van der Waals surface area contributed by atoms with Gasteiger partial charge in [-0.05, 0) is 68.4 Å². The van der Waals surface area contributed by atoms with Gasteiger partial charge in [-0.15, -0.1) is 0 Å². The molecule has 4 atom stereocenters. The van der Waals surface area contributed by atoms with Crippen LogP contribution in [0.4, 0.5) is 5.69 Å². The predicted octanol–water partition coefficient (Wildman–Crippen LogP) is 2.64. The summed E-state index contributed by atoms with van der Waals surface area (Å²) in [6.07, 6.45) is 4.54. The van der Waals surface area contributed by atoms with Crippen molar-refractivity contribution >= 4 is 33.4 Å². The number of sulfonamides is 1. The number of hydrogen-bond donors (Lipinski definition) is 3. The van der Waals surface area contributed by atoms with E-state index in [1.54, 1.807) is 36.2 Å². The zero-order valence-electron chi connectivity index (χ0n) is 22.0. The molecule has 1 aliphatic heterocycles. The minimum Gasteiger partial charge on any atom is -0.384 e. The molecule has 4 rings (SSSR count). The molecule has 4 N–H and O–H groups in total. The van der Waals surface area contributed by atoms with Gasteiger partial charge in [0.15, 0.2) is 0 Å². The van der Waals surface area contributed by atoms with Crippen LogP contribution < -0.4 is 15.4 Å². The molecular formula is C28H37N5O4S. The Hall–Kier alpha value is -3.24. The summed E-state index contributed by atoms with van der Waals surface area (Å²) in [6.45, 7) is 1.54. The number of likely N-dealkylation sites (N-methyl/N-ethyl adjacent to an activating group) is 1. The molecule has 9 nitrogen and oxygen atoms in total. The van der Waals surface area contributed by atoms with Crippen molar-refractivity contribution in [2.45, 2.75) is 63.6 Å². The molecule has 0 spiro atoms. The van der Waals surface area contributed by atoms with E-state index in [9.17, 15) is 18.0 Å². The molecule has 1 aliphatic carbocycles. The first-order valence-electron chi connectivity index (χ1n) is 13.2. The molecule has 0 aromatic heterocycles. The second-order valence-corrected chi connectivity index (χ2v) is 12.3. The fourth-order valence-corrected chi connectivity index (χ4v) is 6.51. The lowest BCUT2D eigenvalue weighted by Gasteiger charge is -2.37. The van der Waals surface area contributed by atoms with E-state index in [0.717, 1.165) is 31.2 Å². The van der Waals surface area contributed by atoms with E-state index in [2.05, 4.69) is 4.72 Å². The summed E-state index contributed by atoms with van der Waals surface area (Å²) >= 11 is 0. The molecule has 2 fully saturated rings. The second kappa shape index (κ2) is 11.7. The largest absolute Gasteiger partial charge is 0.384 e. The number of likely N-dealkylation sites (tertiary alicyclic amines) is 1. The van der Waals surface area contributed by atoms with Gasteiger partial charge in [0, 0.05) is 24.3 Å². The minimum absolute atomic E-state index is 0.0545. The van der Waals surface area contributed by atoms with E-state index in [0.29, 0.717) is 17.7 Å². The molecule has 2 amide bonds. The third-order valence-electron chi connectivity index (χ3n) is 7.81. The summed E-state index contributed by atoms with van der Waals surface area (Å²) in [5.41, 5.74) is 7.60. The van der Waals surface area contributed by atoms with Crippen LogP contribution in [0.15, 0.2) is 54.6 Å². The summed E-state index contributed by atoms with van der Waals surface area (Å²) in [4.78, 5) is 31.3. The number of benzene rings is 2. The molecule has 10 heteroatoms. The Bertz CT molecular complexity index is 1270. The number of nitrogens with one attached hydrogen (secondary N) is 2. The number of nitrogens with two attached hydrogens (primary N) is 1. The minimum atomic E-state index is -3.67. The maximum absolute atomic E-state index is 14.2. The SMILES string of the molecule is CCS(=O)(=O)N[C@H](Cc1ccccc1)C(=O)N1C(C(=O)N(C)c2ccc(C(=N)N)cc2)CC2CCCCC21. The van der Waals surface area contributed by atoms with Gasteiger partial charge in [-0.2, -0.15) is 0 Å². The normalized spacial score (nSPS) is 21.9. The summed E-state index contributed by atoms with van der Waals surface area (Å²) < 4.78 is 27.8. The highest BCUT2D eigenvalue weighted by molar-refractivity contribution is 7.89. The maximum Gasteiger partial charge on any atom is 0.249 e. The first kappa shape index (κ1) is 27.8. The lowest BCUT2D eigenvalue weighted by atomic mass is 9.84. The van der Waals surface area contributed by atoms with Crippen LogP contribution in [0.25, 0.3) is 0 Å². The third kappa shape index (κ3) is 6.07. The Balaban J connectivity index is 1.65. The first-order valence-corrected chi connectivity index (χ1v) is 14.8. The third-order valence-corrected chi connectivity index (χ3v) is 9.21. The van der Waals surface area contributed by atoms with Gasteiger partial charge < -0.3 is 15.5 Å². The molecule has 38 heavy (non-hydrogen) atoms. The van der Waals surface area contributed by atoms with Crippen LogP contribution in [0.1, 0.15) is 50.2 Å². The Kier molecular flexibility index (Phi) is 8.52. The Morgan fingerprint density at radius 1 is 1.11 bits per heavy atom. The number of amides is 2. The number of anilines is 1. The Labute approximate surface area is 224 Å². The summed E-state index contributed by atoms with van der Waals surface area (Å²) in [7, 11) is -1.99. The fraction of sp³-hybridized carbons (Fsp3) is 0.464. The van der Waals surface area contributed by atoms with Gasteiger partial charge in [0.1, 0.15) is 17.9 Å². The molecule has 2 aliphatic rings. The van der Waals surface area contributed by atoms with Gasteiger partial charge in [0.2, 0.25) is 21.8 Å². The van der Waals surface area contributed by atoms with Crippen molar-refractivity contribution < 1.29 is 18.0 Å². The summed E-state index contributed by atoms with van der Waals surface area (Å²) in [6, 6.07) is 14.4. The highest BCUT2D eigenvalue weighted by Crippen LogP contribution is 2.41. The number of carbonyl (C=O) groups is 2. The van der Waals surface area contributed by atoms with E-state index >= 15 is 0 Å². The number of hydrogen-bond acceptors (Lipinski definition) is 5. The van der Waals surface area contributed by atoms with Crippen LogP contribution in [-0.4, -0.2) is 61.9 Å². The van der Waals surface area contributed by atoms with Crippen molar-refractivity contribution in [1.82, 2.24) is 9.62 Å². The average molecular weight is 540 g/mol. The van der Waals surface area contributed by atoms with Crippen LogP contribution in [0.2, 0.25) is 0 Å². The van der Waals surface area contributed by atoms with E-state index in [4.69, 9.17) is 11.1 Å². The van der Waals surface area contributed by atoms with E-state index in [1.165, 1.54) is 11.8 Å². The van der Waals surface area contributed by atoms with Crippen molar-refractivity contribution in [3.8, 4) is 0 Å². The van der Waals surface area contributed by atoms with Crippen LogP contribution in [0.3, 0.4) is 0 Å². The van der Waals surface area contributed by atoms with Gasteiger partial charge in [0.05, 0.1) is 5.75 Å². The van der Waals surface area contributed by atoms with Crippen LogP contribution in [0.5, 0.6) is 0 Å². The molecule has 2 aromatic rings. The van der Waals surface area contributed by atoms with Crippen molar-refractivity contribution in [2.75, 3.05) is 17.7 Å². The van der Waals surface area contributed by atoms with Gasteiger partial charge in [-0.25, -0.2) is 13.1 Å². The highest BCUT2D eigenvalue weighted by atomic mass is 32.2. The molecule has 2 aromatic carbocycles. The number of amidine groups is 1. The van der Waals surface area contributed by atoms with Gasteiger partial charge in [-0.3, -0.25) is 15.0 Å². The number of nitrogens with zero attached hydrogens (tertiary/aromatic N) is 2. The van der Waals surface area contributed by atoms with Crippen LogP contribution in [-0.2, 0) is 26.0 Å². The van der Waals surface area contributed by atoms with E-state index in [-0.39, 0.29) is 41.8 Å². The van der Waals surface area contributed by atoms with Crippen molar-refractivity contribution in [1.29, 1.82) is 5.41 Å². The maximum atomic E-state index is 14.2. The zero-order chi connectivity index (χ0) is 27.4. The van der Waals surface area contributed by atoms with E-state index < -0.39 is 22.1 Å². The number of carbonyl (C=O) groups excluding carboxylic acids is 2. The molecule has 1 heterocycles. The fourth-order valence-electron chi connectivity index (χ4n) is 5.72. The zero-order valence-corrected chi connectivity index (χ0v) is 22.8. The molecular weight excluding hydrogens is 502 g/mol. The van der Waals surface area contributed by atoms with Crippen molar-refractivity contribution in [3.63, 3.8) is 0 Å². The average Bonchev–Trinajstić information content (AvgIpc) is 3.31. The summed E-state index contributed by atoms with van der Waals surface area (Å²) in [5, 5.41) is 7.60. The van der Waals surface area contributed by atoms with Crippen molar-refractivity contribution in [2.24, 2.45) is 11.7 Å². The molecule has 204 valence electrons. The monoisotopic (exact) mass is 539 g/mol. The van der Waals surface area contributed by atoms with Gasteiger partial charge in [0.25, 0.3) is 0 Å². The smallest absolute Gasteiger partial charge is 0.249 e. The quantitative estimate of drug-likeness (QED) is 0.332. The standard InChI is InChI=1S/C28H37N5O4S/c1-3-38(36,37)31-23(17-19-9-5-4-6-10-19)27(34)33-24-12-8-7-11-21(24)18-25(33)28(35)32(2)22-15-13-20(14-16-22)26(29)30/h4-6,9-10,13-16,21,23-25,31H,3,7-8,11-12,17-18H2,1-2H3,(H3,29,30)/t21?,23-,24?,25?/m1/s1. The first-order chi connectivity index (χ1) is 18.1. The number of nitrogen functional groups attached to an aromatic ring is 1. The number of fused-ring (bicyclic) bond motifs is 1. The van der Waals surface area contributed by atoms with Crippen LogP contribution >= 0.6 is 0 Å².